The van der Waals surface area contributed by atoms with E-state index in [1.54, 1.807) is 12.1 Å². The van der Waals surface area contributed by atoms with Crippen molar-refractivity contribution in [3.05, 3.63) is 59.9 Å². The van der Waals surface area contributed by atoms with E-state index in [-0.39, 0.29) is 17.8 Å². The highest BCUT2D eigenvalue weighted by molar-refractivity contribution is 5.80. The Bertz CT molecular complexity index is 649. The summed E-state index contributed by atoms with van der Waals surface area (Å²) in [6.45, 7) is 1.11. The van der Waals surface area contributed by atoms with Crippen molar-refractivity contribution < 1.29 is 18.7 Å². The van der Waals surface area contributed by atoms with Crippen LogP contribution in [-0.4, -0.2) is 18.6 Å². The zero-order valence-electron chi connectivity index (χ0n) is 12.6. The van der Waals surface area contributed by atoms with Gasteiger partial charge in [-0.1, -0.05) is 12.1 Å². The van der Waals surface area contributed by atoms with E-state index in [4.69, 9.17) is 9.47 Å². The number of hydrogen-bond acceptors (Lipinski definition) is 3. The minimum absolute atomic E-state index is 0.0610. The molecule has 120 valence electrons. The minimum atomic E-state index is -0.309. The van der Waals surface area contributed by atoms with Gasteiger partial charge in [0, 0.05) is 13.2 Å². The third kappa shape index (κ3) is 4.29. The van der Waals surface area contributed by atoms with Crippen LogP contribution in [-0.2, 0) is 16.1 Å². The van der Waals surface area contributed by atoms with E-state index in [1.165, 1.54) is 12.1 Å². The first kappa shape index (κ1) is 15.5. The molecule has 23 heavy (non-hydrogen) atoms. The van der Waals surface area contributed by atoms with Crippen LogP contribution >= 0.6 is 0 Å². The second kappa shape index (κ2) is 7.24. The zero-order valence-corrected chi connectivity index (χ0v) is 12.6. The van der Waals surface area contributed by atoms with Crippen LogP contribution in [0.5, 0.6) is 11.5 Å². The highest BCUT2D eigenvalue weighted by Crippen LogP contribution is 2.22. The molecule has 1 aliphatic rings. The van der Waals surface area contributed by atoms with E-state index < -0.39 is 0 Å². The molecule has 1 atom stereocenters. The molecule has 0 saturated carbocycles. The largest absolute Gasteiger partial charge is 0.457 e. The van der Waals surface area contributed by atoms with Crippen LogP contribution in [0.1, 0.15) is 18.4 Å². The molecular formula is C18H18FNO3. The fourth-order valence-corrected chi connectivity index (χ4v) is 2.40. The van der Waals surface area contributed by atoms with Gasteiger partial charge in [-0.05, 0) is 54.8 Å². The van der Waals surface area contributed by atoms with Gasteiger partial charge in [-0.2, -0.15) is 0 Å². The molecule has 1 N–H and O–H groups in total. The Balaban J connectivity index is 1.52. The molecule has 3 rings (SSSR count). The third-order valence-corrected chi connectivity index (χ3v) is 3.66. The first-order valence-electron chi connectivity index (χ1n) is 7.62. The second-order valence-corrected chi connectivity index (χ2v) is 5.42. The quantitative estimate of drug-likeness (QED) is 0.920. The molecule has 0 bridgehead atoms. The van der Waals surface area contributed by atoms with Crippen molar-refractivity contribution in [3.8, 4) is 11.5 Å². The van der Waals surface area contributed by atoms with Crippen molar-refractivity contribution in [1.29, 1.82) is 0 Å². The van der Waals surface area contributed by atoms with Gasteiger partial charge in [0.15, 0.2) is 0 Å². The molecule has 1 heterocycles. The molecule has 0 spiro atoms. The molecule has 1 saturated heterocycles. The summed E-state index contributed by atoms with van der Waals surface area (Å²) in [5, 5.41) is 2.87. The van der Waals surface area contributed by atoms with E-state index in [2.05, 4.69) is 5.32 Å². The Labute approximate surface area is 134 Å². The van der Waals surface area contributed by atoms with Gasteiger partial charge in [-0.3, -0.25) is 4.79 Å². The monoisotopic (exact) mass is 315 g/mol. The van der Waals surface area contributed by atoms with E-state index in [9.17, 15) is 9.18 Å². The number of benzene rings is 2. The predicted molar refractivity (Wildman–Crippen MR) is 83.7 cm³/mol. The molecule has 0 unspecified atom stereocenters. The van der Waals surface area contributed by atoms with Crippen molar-refractivity contribution in [2.75, 3.05) is 6.61 Å². The van der Waals surface area contributed by atoms with Crippen LogP contribution in [0.15, 0.2) is 48.5 Å². The Hall–Kier alpha value is -2.40. The highest BCUT2D eigenvalue weighted by atomic mass is 19.1. The summed E-state index contributed by atoms with van der Waals surface area (Å²) in [6, 6.07) is 13.3. The molecule has 2 aromatic carbocycles. The number of hydrogen-bond donors (Lipinski definition) is 1. The summed E-state index contributed by atoms with van der Waals surface area (Å²) in [6.07, 6.45) is 1.42. The second-order valence-electron chi connectivity index (χ2n) is 5.42. The Kier molecular flexibility index (Phi) is 4.88. The van der Waals surface area contributed by atoms with Gasteiger partial charge in [0.1, 0.15) is 23.4 Å². The smallest absolute Gasteiger partial charge is 0.249 e. The average Bonchev–Trinajstić information content (AvgIpc) is 3.11. The summed E-state index contributed by atoms with van der Waals surface area (Å²) < 4.78 is 23.8. The molecule has 4 nitrogen and oxygen atoms in total. The fourth-order valence-electron chi connectivity index (χ4n) is 2.40. The lowest BCUT2D eigenvalue weighted by Crippen LogP contribution is -2.33. The number of halogens is 1. The Morgan fingerprint density at radius 2 is 1.78 bits per heavy atom. The number of ether oxygens (including phenoxy) is 2. The summed E-state index contributed by atoms with van der Waals surface area (Å²) in [5.41, 5.74) is 0.975. The topological polar surface area (TPSA) is 47.6 Å². The maximum Gasteiger partial charge on any atom is 0.249 e. The van der Waals surface area contributed by atoms with Gasteiger partial charge in [-0.15, -0.1) is 0 Å². The molecular weight excluding hydrogens is 297 g/mol. The van der Waals surface area contributed by atoms with Crippen molar-refractivity contribution in [3.63, 3.8) is 0 Å². The molecule has 1 amide bonds. The van der Waals surface area contributed by atoms with Crippen LogP contribution in [0.3, 0.4) is 0 Å². The van der Waals surface area contributed by atoms with E-state index in [1.807, 2.05) is 24.3 Å². The highest BCUT2D eigenvalue weighted by Gasteiger charge is 2.22. The standard InChI is InChI=1S/C18H18FNO3/c19-14-5-9-16(10-6-14)23-15-7-3-13(4-8-15)12-20-18(21)17-2-1-11-22-17/h3-10,17H,1-2,11-12H2,(H,20,21)/t17-/m0/s1. The minimum Gasteiger partial charge on any atom is -0.457 e. The molecule has 2 aromatic rings. The van der Waals surface area contributed by atoms with Crippen molar-refractivity contribution in [2.45, 2.75) is 25.5 Å². The first-order chi connectivity index (χ1) is 11.2. The van der Waals surface area contributed by atoms with Gasteiger partial charge in [0.25, 0.3) is 0 Å². The fraction of sp³-hybridized carbons (Fsp3) is 0.278. The van der Waals surface area contributed by atoms with Gasteiger partial charge in [-0.25, -0.2) is 4.39 Å². The summed E-state index contributed by atoms with van der Waals surface area (Å²) >= 11 is 0. The lowest BCUT2D eigenvalue weighted by atomic mass is 10.2. The van der Waals surface area contributed by atoms with Crippen molar-refractivity contribution in [2.24, 2.45) is 0 Å². The Morgan fingerprint density at radius 3 is 2.39 bits per heavy atom. The van der Waals surface area contributed by atoms with Crippen LogP contribution in [0.2, 0.25) is 0 Å². The number of rotatable bonds is 5. The maximum atomic E-state index is 12.8. The van der Waals surface area contributed by atoms with Gasteiger partial charge in [0.2, 0.25) is 5.91 Å². The van der Waals surface area contributed by atoms with E-state index in [0.717, 1.165) is 18.4 Å². The maximum absolute atomic E-state index is 12.8. The number of carbonyl (C=O) groups is 1. The molecule has 1 fully saturated rings. The van der Waals surface area contributed by atoms with Crippen molar-refractivity contribution in [1.82, 2.24) is 5.32 Å². The number of nitrogens with one attached hydrogen (secondary N) is 1. The lowest BCUT2D eigenvalue weighted by molar-refractivity contribution is -0.130. The van der Waals surface area contributed by atoms with Crippen molar-refractivity contribution >= 4 is 5.91 Å². The molecule has 0 radical (unpaired) electrons. The SMILES string of the molecule is O=C(NCc1ccc(Oc2ccc(F)cc2)cc1)[C@@H]1CCCO1. The third-order valence-electron chi connectivity index (χ3n) is 3.66. The van der Waals surface area contributed by atoms with E-state index in [0.29, 0.717) is 24.7 Å². The first-order valence-corrected chi connectivity index (χ1v) is 7.62. The molecule has 1 aliphatic heterocycles. The van der Waals surface area contributed by atoms with Crippen LogP contribution in [0.4, 0.5) is 4.39 Å². The normalized spacial score (nSPS) is 17.0. The van der Waals surface area contributed by atoms with E-state index >= 15 is 0 Å². The molecule has 5 heteroatoms. The van der Waals surface area contributed by atoms with Gasteiger partial charge < -0.3 is 14.8 Å². The molecule has 0 aliphatic carbocycles. The zero-order chi connectivity index (χ0) is 16.1. The lowest BCUT2D eigenvalue weighted by Gasteiger charge is -2.11. The van der Waals surface area contributed by atoms with Crippen LogP contribution in [0.25, 0.3) is 0 Å². The number of amides is 1. The Morgan fingerprint density at radius 1 is 1.13 bits per heavy atom. The van der Waals surface area contributed by atoms with Crippen LogP contribution in [0, 0.1) is 5.82 Å². The summed E-state index contributed by atoms with van der Waals surface area (Å²) in [7, 11) is 0. The van der Waals surface area contributed by atoms with Gasteiger partial charge in [0.05, 0.1) is 0 Å². The predicted octanol–water partition coefficient (Wildman–Crippen LogP) is 3.41. The number of carbonyl (C=O) groups excluding carboxylic acids is 1. The summed E-state index contributed by atoms with van der Waals surface area (Å²) in [5.74, 6) is 0.875. The van der Waals surface area contributed by atoms with Crippen LogP contribution < -0.4 is 10.1 Å². The average molecular weight is 315 g/mol. The van der Waals surface area contributed by atoms with Gasteiger partial charge >= 0.3 is 0 Å². The molecule has 0 aromatic heterocycles. The summed E-state index contributed by atoms with van der Waals surface area (Å²) in [4.78, 5) is 11.9.